The number of nitrogens with one attached hydrogen (secondary N) is 1. The zero-order valence-corrected chi connectivity index (χ0v) is 16.1. The lowest BCUT2D eigenvalue weighted by Gasteiger charge is -2.09. The Balaban J connectivity index is 2.19. The van der Waals surface area contributed by atoms with Crippen molar-refractivity contribution in [2.24, 2.45) is 0 Å². The molecule has 0 aliphatic heterocycles. The highest BCUT2D eigenvalue weighted by Crippen LogP contribution is 2.22. The van der Waals surface area contributed by atoms with Crippen molar-refractivity contribution in [1.82, 2.24) is 0 Å². The van der Waals surface area contributed by atoms with Crippen LogP contribution in [0.4, 0.5) is 5.69 Å². The summed E-state index contributed by atoms with van der Waals surface area (Å²) in [6.45, 7) is 2.70. The van der Waals surface area contributed by atoms with E-state index in [0.29, 0.717) is 23.6 Å². The molecule has 0 atom stereocenters. The number of anilines is 1. The quantitative estimate of drug-likeness (QED) is 0.281. The number of unbranched alkanes of at least 4 members (excludes halogenated alkanes) is 1. The van der Waals surface area contributed by atoms with Crippen LogP contribution in [0.3, 0.4) is 0 Å². The lowest BCUT2D eigenvalue weighted by molar-refractivity contribution is -0.112. The summed E-state index contributed by atoms with van der Waals surface area (Å²) in [5, 5.41) is 12.1. The normalized spacial score (nSPS) is 10.8. The summed E-state index contributed by atoms with van der Waals surface area (Å²) in [7, 11) is 0. The Kier molecular flexibility index (Phi) is 7.48. The first-order valence-electron chi connectivity index (χ1n) is 8.04. The van der Waals surface area contributed by atoms with E-state index >= 15 is 0 Å². The van der Waals surface area contributed by atoms with Crippen molar-refractivity contribution in [2.75, 3.05) is 11.9 Å². The molecular weight excluding hydrogens is 427 g/mol. The number of halogens is 1. The first-order valence-corrected chi connectivity index (χ1v) is 9.12. The van der Waals surface area contributed by atoms with E-state index in [1.54, 1.807) is 12.1 Å². The van der Waals surface area contributed by atoms with Gasteiger partial charge in [-0.1, -0.05) is 37.6 Å². The summed E-state index contributed by atoms with van der Waals surface area (Å²) in [5.74, 6) is 0.235. The lowest BCUT2D eigenvalue weighted by Crippen LogP contribution is -2.13. The summed E-state index contributed by atoms with van der Waals surface area (Å²) in [6.07, 6.45) is 3.56. The van der Waals surface area contributed by atoms with Gasteiger partial charge in [-0.3, -0.25) is 4.79 Å². The first-order chi connectivity index (χ1) is 12.1. The van der Waals surface area contributed by atoms with E-state index in [0.717, 1.165) is 16.4 Å². The lowest BCUT2D eigenvalue weighted by atomic mass is 10.1. The van der Waals surface area contributed by atoms with E-state index in [9.17, 15) is 10.1 Å². The van der Waals surface area contributed by atoms with Gasteiger partial charge in [-0.2, -0.15) is 5.26 Å². The highest BCUT2D eigenvalue weighted by molar-refractivity contribution is 14.1. The number of rotatable bonds is 7. The number of nitrogens with zero attached hydrogens (tertiary/aromatic N) is 1. The van der Waals surface area contributed by atoms with Crippen LogP contribution in [0.15, 0.2) is 54.1 Å². The molecule has 0 bridgehead atoms. The van der Waals surface area contributed by atoms with E-state index in [4.69, 9.17) is 4.74 Å². The number of nitriles is 1. The maximum Gasteiger partial charge on any atom is 0.266 e. The molecule has 2 aromatic carbocycles. The summed E-state index contributed by atoms with van der Waals surface area (Å²) in [4.78, 5) is 12.4. The van der Waals surface area contributed by atoms with E-state index in [1.807, 2.05) is 48.5 Å². The van der Waals surface area contributed by atoms with Gasteiger partial charge in [0.15, 0.2) is 0 Å². The number of hydrogen-bond acceptors (Lipinski definition) is 3. The van der Waals surface area contributed by atoms with Gasteiger partial charge < -0.3 is 10.1 Å². The molecule has 0 aliphatic rings. The fraction of sp³-hybridized carbons (Fsp3) is 0.200. The smallest absolute Gasteiger partial charge is 0.266 e. The van der Waals surface area contributed by atoms with Crippen LogP contribution in [-0.2, 0) is 4.79 Å². The van der Waals surface area contributed by atoms with E-state index in [2.05, 4.69) is 34.8 Å². The van der Waals surface area contributed by atoms with Crippen LogP contribution in [0, 0.1) is 14.9 Å². The molecule has 1 N–H and O–H groups in total. The van der Waals surface area contributed by atoms with Crippen LogP contribution in [-0.4, -0.2) is 12.5 Å². The van der Waals surface area contributed by atoms with Gasteiger partial charge in [0, 0.05) is 14.8 Å². The topological polar surface area (TPSA) is 62.1 Å². The number of benzene rings is 2. The molecule has 2 rings (SSSR count). The highest BCUT2D eigenvalue weighted by atomic mass is 127. The first kappa shape index (κ1) is 19.0. The summed E-state index contributed by atoms with van der Waals surface area (Å²) in [5.41, 5.74) is 1.41. The third kappa shape index (κ3) is 5.91. The second-order valence-electron chi connectivity index (χ2n) is 5.37. The van der Waals surface area contributed by atoms with Crippen molar-refractivity contribution < 1.29 is 9.53 Å². The number of carbonyl (C=O) groups is 1. The molecule has 4 nitrogen and oxygen atoms in total. The van der Waals surface area contributed by atoms with E-state index in [-0.39, 0.29) is 5.57 Å². The molecule has 0 aromatic heterocycles. The Hall–Kier alpha value is -2.33. The molecule has 0 spiro atoms. The molecule has 0 radical (unpaired) electrons. The number of ether oxygens (including phenoxy) is 1. The maximum absolute atomic E-state index is 12.4. The minimum absolute atomic E-state index is 0.0328. The average molecular weight is 446 g/mol. The van der Waals surface area contributed by atoms with Crippen LogP contribution in [0.1, 0.15) is 25.3 Å². The Morgan fingerprint density at radius 1 is 1.28 bits per heavy atom. The molecule has 2 aromatic rings. The van der Waals surface area contributed by atoms with Gasteiger partial charge in [0.2, 0.25) is 0 Å². The Morgan fingerprint density at radius 2 is 2.08 bits per heavy atom. The van der Waals surface area contributed by atoms with Gasteiger partial charge >= 0.3 is 0 Å². The summed E-state index contributed by atoms with van der Waals surface area (Å²) in [6, 6.07) is 16.8. The molecule has 5 heteroatoms. The summed E-state index contributed by atoms with van der Waals surface area (Å²) < 4.78 is 6.76. The molecule has 25 heavy (non-hydrogen) atoms. The number of carbonyl (C=O) groups excluding carboxylic acids is 1. The fourth-order valence-corrected chi connectivity index (χ4v) is 2.67. The predicted octanol–water partition coefficient (Wildman–Crippen LogP) is 5.02. The molecule has 0 fully saturated rings. The Bertz CT molecular complexity index is 809. The Labute approximate surface area is 161 Å². The number of amides is 1. The molecule has 128 valence electrons. The highest BCUT2D eigenvalue weighted by Gasteiger charge is 2.11. The zero-order chi connectivity index (χ0) is 18.1. The van der Waals surface area contributed by atoms with Crippen molar-refractivity contribution in [3.05, 3.63) is 63.2 Å². The molecule has 0 unspecified atom stereocenters. The van der Waals surface area contributed by atoms with Gasteiger partial charge in [0.05, 0.1) is 6.61 Å². The van der Waals surface area contributed by atoms with Crippen LogP contribution >= 0.6 is 22.6 Å². The number of para-hydroxylation sites is 1. The molecule has 0 saturated carbocycles. The second kappa shape index (κ2) is 9.84. The third-order valence-corrected chi connectivity index (χ3v) is 4.09. The summed E-state index contributed by atoms with van der Waals surface area (Å²) >= 11 is 2.17. The fourth-order valence-electron chi connectivity index (χ4n) is 2.13. The van der Waals surface area contributed by atoms with Crippen molar-refractivity contribution in [1.29, 1.82) is 5.26 Å². The van der Waals surface area contributed by atoms with Crippen molar-refractivity contribution >= 4 is 40.3 Å². The Morgan fingerprint density at radius 3 is 2.80 bits per heavy atom. The van der Waals surface area contributed by atoms with Gasteiger partial charge in [-0.15, -0.1) is 0 Å². The van der Waals surface area contributed by atoms with E-state index in [1.165, 1.54) is 0 Å². The van der Waals surface area contributed by atoms with Gasteiger partial charge in [0.1, 0.15) is 17.4 Å². The van der Waals surface area contributed by atoms with Gasteiger partial charge in [-0.25, -0.2) is 0 Å². The number of hydrogen-bond donors (Lipinski definition) is 1. The SMILES string of the molecule is CCCCOc1ccccc1C=C(C#N)C(=O)Nc1cccc(I)c1. The third-order valence-electron chi connectivity index (χ3n) is 3.42. The largest absolute Gasteiger partial charge is 0.493 e. The molecule has 0 saturated heterocycles. The average Bonchev–Trinajstić information content (AvgIpc) is 2.61. The van der Waals surface area contributed by atoms with Gasteiger partial charge in [-0.05, 0) is 59.4 Å². The van der Waals surface area contributed by atoms with Gasteiger partial charge in [0.25, 0.3) is 5.91 Å². The molecule has 1 amide bonds. The van der Waals surface area contributed by atoms with Crippen molar-refractivity contribution in [3.63, 3.8) is 0 Å². The van der Waals surface area contributed by atoms with Crippen LogP contribution in [0.25, 0.3) is 6.08 Å². The minimum Gasteiger partial charge on any atom is -0.493 e. The maximum atomic E-state index is 12.4. The standard InChI is InChI=1S/C20H19IN2O2/c1-2-3-11-25-19-10-5-4-7-15(19)12-16(14-22)20(24)23-18-9-6-8-17(21)13-18/h4-10,12-13H,2-3,11H2,1H3,(H,23,24). The second-order valence-corrected chi connectivity index (χ2v) is 6.62. The van der Waals surface area contributed by atoms with Crippen molar-refractivity contribution in [2.45, 2.75) is 19.8 Å². The molecule has 0 heterocycles. The van der Waals surface area contributed by atoms with Crippen molar-refractivity contribution in [3.8, 4) is 11.8 Å². The minimum atomic E-state index is -0.437. The zero-order valence-electron chi connectivity index (χ0n) is 14.0. The van der Waals surface area contributed by atoms with Crippen LogP contribution in [0.5, 0.6) is 5.75 Å². The molecular formula is C20H19IN2O2. The predicted molar refractivity (Wildman–Crippen MR) is 108 cm³/mol. The monoisotopic (exact) mass is 446 g/mol. The molecule has 0 aliphatic carbocycles. The van der Waals surface area contributed by atoms with E-state index < -0.39 is 5.91 Å². The van der Waals surface area contributed by atoms with Crippen LogP contribution < -0.4 is 10.1 Å². The van der Waals surface area contributed by atoms with Crippen LogP contribution in [0.2, 0.25) is 0 Å².